The zero-order chi connectivity index (χ0) is 12.6. The maximum atomic E-state index is 10.2. The summed E-state index contributed by atoms with van der Waals surface area (Å²) in [4.78, 5) is 21.6. The number of hydrogen-bond donors (Lipinski definition) is 2. The van der Waals surface area contributed by atoms with Gasteiger partial charge in [-0.3, -0.25) is 9.69 Å². The van der Waals surface area contributed by atoms with Crippen molar-refractivity contribution in [2.24, 2.45) is 0 Å². The molecule has 6 heteroatoms. The number of carbonyl (C=O) groups is 2. The first-order chi connectivity index (χ1) is 7.43. The van der Waals surface area contributed by atoms with Gasteiger partial charge in [-0.15, -0.1) is 0 Å². The minimum atomic E-state index is -0.879. The van der Waals surface area contributed by atoms with Gasteiger partial charge in [0.2, 0.25) is 0 Å². The monoisotopic (exact) mass is 289 g/mol. The van der Waals surface area contributed by atoms with Crippen LogP contribution in [-0.4, -0.2) is 47.7 Å². The summed E-state index contributed by atoms with van der Waals surface area (Å²) in [6, 6.07) is 8.30. The number of hydrogen-bond acceptors (Lipinski definition) is 3. The Morgan fingerprint density at radius 2 is 1.59 bits per heavy atom. The Morgan fingerprint density at radius 3 is 1.76 bits per heavy atom. The number of aromatic carboxylic acids is 1. The number of aliphatic carboxylic acids is 1. The second-order valence-corrected chi connectivity index (χ2v) is 3.30. The van der Waals surface area contributed by atoms with Crippen molar-refractivity contribution in [2.45, 2.75) is 0 Å². The number of benzene rings is 1. The van der Waals surface area contributed by atoms with Crippen molar-refractivity contribution in [3.05, 3.63) is 35.9 Å². The molecule has 17 heavy (non-hydrogen) atoms. The molecule has 0 aliphatic carbocycles. The van der Waals surface area contributed by atoms with E-state index in [-0.39, 0.29) is 26.0 Å². The molecule has 0 aromatic heterocycles. The predicted octanol–water partition coefficient (Wildman–Crippen LogP) is 1.01. The van der Waals surface area contributed by atoms with E-state index < -0.39 is 11.9 Å². The number of carboxylic acids is 2. The molecule has 0 atom stereocenters. The van der Waals surface area contributed by atoms with Crippen LogP contribution in [0.5, 0.6) is 0 Å². The molecule has 1 aromatic carbocycles. The first kappa shape index (κ1) is 18.1. The van der Waals surface area contributed by atoms with Gasteiger partial charge in [-0.2, -0.15) is 0 Å². The van der Waals surface area contributed by atoms with Gasteiger partial charge in [0.15, 0.2) is 0 Å². The molecule has 0 radical (unpaired) electrons. The zero-order valence-electron chi connectivity index (χ0n) is 9.96. The van der Waals surface area contributed by atoms with Crippen LogP contribution in [0.15, 0.2) is 30.3 Å². The second-order valence-electron chi connectivity index (χ2n) is 3.30. The van der Waals surface area contributed by atoms with Crippen LogP contribution in [-0.2, 0) is 24.3 Å². The van der Waals surface area contributed by atoms with Crippen molar-refractivity contribution in [3.63, 3.8) is 0 Å². The molecule has 0 fully saturated rings. The number of carboxylic acid groups (broad SMARTS) is 2. The van der Waals surface area contributed by atoms with Gasteiger partial charge < -0.3 is 10.2 Å². The molecule has 0 amide bonds. The summed E-state index contributed by atoms with van der Waals surface area (Å²) < 4.78 is 0. The average molecular weight is 291 g/mol. The maximum Gasteiger partial charge on any atom is 0.335 e. The first-order valence-corrected chi connectivity index (χ1v) is 4.58. The molecular formula is C11H15NO4Zn. The van der Waals surface area contributed by atoms with E-state index in [1.807, 2.05) is 0 Å². The van der Waals surface area contributed by atoms with Crippen molar-refractivity contribution < 1.29 is 39.3 Å². The van der Waals surface area contributed by atoms with Crippen molar-refractivity contribution in [3.8, 4) is 0 Å². The van der Waals surface area contributed by atoms with Crippen LogP contribution in [0.25, 0.3) is 0 Å². The van der Waals surface area contributed by atoms with Gasteiger partial charge in [-0.25, -0.2) is 4.79 Å². The van der Waals surface area contributed by atoms with Gasteiger partial charge in [0.25, 0.3) is 0 Å². The van der Waals surface area contributed by atoms with Crippen LogP contribution >= 0.6 is 0 Å². The van der Waals surface area contributed by atoms with Crippen LogP contribution in [0.3, 0.4) is 0 Å². The third-order valence-corrected chi connectivity index (χ3v) is 1.47. The molecule has 0 saturated heterocycles. The molecule has 0 unspecified atom stereocenters. The van der Waals surface area contributed by atoms with E-state index >= 15 is 0 Å². The standard InChI is InChI=1S/C7H6O2.C4H9NO2.Zn/c8-7(9)6-4-2-1-3-5-6;1-5(2)3-4(6)7;/h1-5H,(H,8,9);3H2,1-2H3,(H,6,7);. The molecule has 0 heterocycles. The molecule has 0 spiro atoms. The molecule has 0 saturated carbocycles. The Hall–Kier alpha value is -1.26. The van der Waals surface area contributed by atoms with Gasteiger partial charge in [0, 0.05) is 19.5 Å². The average Bonchev–Trinajstić information content (AvgIpc) is 2.17. The van der Waals surface area contributed by atoms with Crippen molar-refractivity contribution in [2.75, 3.05) is 20.6 Å². The van der Waals surface area contributed by atoms with Crippen molar-refractivity contribution in [1.29, 1.82) is 0 Å². The largest absolute Gasteiger partial charge is 0.480 e. The summed E-state index contributed by atoms with van der Waals surface area (Å²) in [5.41, 5.74) is 0.331. The summed E-state index contributed by atoms with van der Waals surface area (Å²) in [7, 11) is 3.43. The third kappa shape index (κ3) is 11.0. The van der Waals surface area contributed by atoms with Gasteiger partial charge in [-0.05, 0) is 26.2 Å². The van der Waals surface area contributed by atoms with E-state index in [0.29, 0.717) is 5.56 Å². The normalized spacial score (nSPS) is 8.65. The van der Waals surface area contributed by atoms with Crippen molar-refractivity contribution >= 4 is 11.9 Å². The fourth-order valence-corrected chi connectivity index (χ4v) is 0.851. The Labute approximate surface area is 113 Å². The quantitative estimate of drug-likeness (QED) is 0.813. The topological polar surface area (TPSA) is 77.8 Å². The Morgan fingerprint density at radius 1 is 1.12 bits per heavy atom. The first-order valence-electron chi connectivity index (χ1n) is 4.58. The van der Waals surface area contributed by atoms with E-state index in [1.165, 1.54) is 0 Å². The predicted molar refractivity (Wildman–Crippen MR) is 59.6 cm³/mol. The van der Waals surface area contributed by atoms with Gasteiger partial charge in [-0.1, -0.05) is 18.2 Å². The maximum absolute atomic E-state index is 10.2. The molecule has 5 nitrogen and oxygen atoms in total. The summed E-state index contributed by atoms with van der Waals surface area (Å²) in [5, 5.41) is 16.4. The summed E-state index contributed by atoms with van der Waals surface area (Å²) in [5.74, 6) is -1.67. The Bertz CT molecular complexity index is 341. The molecule has 90 valence electrons. The SMILES string of the molecule is CN(C)CC(=O)O.O=C(O)c1ccccc1.[Zn]. The molecular weight excluding hydrogens is 276 g/mol. The van der Waals surface area contributed by atoms with Crippen LogP contribution in [0, 0.1) is 0 Å². The molecule has 0 aliphatic rings. The van der Waals surface area contributed by atoms with Gasteiger partial charge in [0.1, 0.15) is 0 Å². The van der Waals surface area contributed by atoms with Crippen LogP contribution < -0.4 is 0 Å². The summed E-state index contributed by atoms with van der Waals surface area (Å²) in [6.45, 7) is 0.111. The van der Waals surface area contributed by atoms with Gasteiger partial charge in [0.05, 0.1) is 12.1 Å². The third-order valence-electron chi connectivity index (χ3n) is 1.47. The van der Waals surface area contributed by atoms with Gasteiger partial charge >= 0.3 is 11.9 Å². The zero-order valence-corrected chi connectivity index (χ0v) is 12.9. The summed E-state index contributed by atoms with van der Waals surface area (Å²) in [6.07, 6.45) is 0. The van der Waals surface area contributed by atoms with E-state index in [1.54, 1.807) is 49.3 Å². The Kier molecular flexibility index (Phi) is 10.6. The van der Waals surface area contributed by atoms with Crippen LogP contribution in [0.1, 0.15) is 10.4 Å². The molecule has 2 N–H and O–H groups in total. The second kappa shape index (κ2) is 9.93. The smallest absolute Gasteiger partial charge is 0.335 e. The summed E-state index contributed by atoms with van der Waals surface area (Å²) >= 11 is 0. The minimum absolute atomic E-state index is 0. The fraction of sp³-hybridized carbons (Fsp3) is 0.273. The van der Waals surface area contributed by atoms with Crippen LogP contribution in [0.4, 0.5) is 0 Å². The molecule has 0 aliphatic heterocycles. The van der Waals surface area contributed by atoms with Crippen LogP contribution in [0.2, 0.25) is 0 Å². The number of nitrogens with zero attached hydrogens (tertiary/aromatic N) is 1. The van der Waals surface area contributed by atoms with E-state index in [9.17, 15) is 9.59 Å². The number of likely N-dealkylation sites (N-methyl/N-ethyl adjacent to an activating group) is 1. The number of rotatable bonds is 3. The molecule has 1 rings (SSSR count). The fourth-order valence-electron chi connectivity index (χ4n) is 0.851. The Balaban J connectivity index is 0. The molecule has 0 bridgehead atoms. The van der Waals surface area contributed by atoms with E-state index in [4.69, 9.17) is 10.2 Å². The van der Waals surface area contributed by atoms with E-state index in [2.05, 4.69) is 0 Å². The van der Waals surface area contributed by atoms with Crippen molar-refractivity contribution in [1.82, 2.24) is 4.90 Å². The van der Waals surface area contributed by atoms with E-state index in [0.717, 1.165) is 0 Å². The molecule has 1 aromatic rings. The minimum Gasteiger partial charge on any atom is -0.480 e.